The second-order valence-corrected chi connectivity index (χ2v) is 5.65. The van der Waals surface area contributed by atoms with Crippen molar-refractivity contribution in [2.24, 2.45) is 0 Å². The van der Waals surface area contributed by atoms with E-state index in [1.54, 1.807) is 0 Å². The number of hydrogen-bond donors (Lipinski definition) is 1. The van der Waals surface area contributed by atoms with Crippen LogP contribution < -0.4 is 5.32 Å². The topological polar surface area (TPSA) is 45.2 Å². The largest absolute Gasteiger partial charge is 0.341 e. The average molecular weight is 283 g/mol. The number of likely N-dealkylation sites (tertiary alicyclic amines) is 1. The smallest absolute Gasteiger partial charge is 0.224 e. The zero-order valence-electron chi connectivity index (χ0n) is 12.4. The van der Waals surface area contributed by atoms with Crippen molar-refractivity contribution in [1.29, 1.82) is 0 Å². The van der Waals surface area contributed by atoms with E-state index in [2.05, 4.69) is 41.5 Å². The third kappa shape index (κ3) is 3.22. The van der Waals surface area contributed by atoms with E-state index < -0.39 is 0 Å². The molecule has 1 atom stereocenters. The first-order chi connectivity index (χ1) is 10.3. The Morgan fingerprint density at radius 3 is 3.14 bits per heavy atom. The van der Waals surface area contributed by atoms with E-state index >= 15 is 0 Å². The number of carbonyl (C=O) groups excluding carboxylic acids is 1. The molecule has 21 heavy (non-hydrogen) atoms. The highest BCUT2D eigenvalue weighted by atomic mass is 16.2. The van der Waals surface area contributed by atoms with Gasteiger partial charge in [0.2, 0.25) is 5.91 Å². The highest BCUT2D eigenvalue weighted by Crippen LogP contribution is 2.15. The number of nitrogens with one attached hydrogen (secondary N) is 1. The summed E-state index contributed by atoms with van der Waals surface area (Å²) < 4.78 is 0. The zero-order valence-corrected chi connectivity index (χ0v) is 12.4. The maximum Gasteiger partial charge on any atom is 0.224 e. The second kappa shape index (κ2) is 6.22. The number of fused-ring (bicyclic) bond motifs is 1. The molecule has 0 saturated carbocycles. The Kier molecular flexibility index (Phi) is 4.15. The van der Waals surface area contributed by atoms with Crippen molar-refractivity contribution in [3.05, 3.63) is 42.1 Å². The van der Waals surface area contributed by atoms with E-state index in [9.17, 15) is 4.79 Å². The predicted molar refractivity (Wildman–Crippen MR) is 83.9 cm³/mol. The molecule has 110 valence electrons. The molecule has 1 aliphatic heterocycles. The molecule has 1 aromatic carbocycles. The zero-order chi connectivity index (χ0) is 14.7. The fourth-order valence-electron chi connectivity index (χ4n) is 2.89. The van der Waals surface area contributed by atoms with Crippen molar-refractivity contribution in [3.63, 3.8) is 0 Å². The molecule has 0 bridgehead atoms. The molecular weight excluding hydrogens is 262 g/mol. The molecule has 2 aromatic rings. The maximum atomic E-state index is 11.8. The summed E-state index contributed by atoms with van der Waals surface area (Å²) in [6.07, 6.45) is 3.46. The number of amides is 1. The van der Waals surface area contributed by atoms with E-state index in [4.69, 9.17) is 0 Å². The van der Waals surface area contributed by atoms with Crippen LogP contribution in [0, 0.1) is 0 Å². The normalized spacial score (nSPS) is 18.6. The Hall–Kier alpha value is -1.94. The first kappa shape index (κ1) is 14.0. The standard InChI is InChI=1S/C17H21N3O/c1-2-8-20-12-15(10-17(20)21)19-11-13-5-6-16-14(9-13)4-3-7-18-16/h3-7,9,15,19H,2,8,10-12H2,1H3. The number of carbonyl (C=O) groups is 1. The summed E-state index contributed by atoms with van der Waals surface area (Å²) in [5, 5.41) is 4.66. The molecule has 1 aliphatic rings. The number of pyridine rings is 1. The van der Waals surface area contributed by atoms with Gasteiger partial charge in [-0.15, -0.1) is 0 Å². The summed E-state index contributed by atoms with van der Waals surface area (Å²) in [5.41, 5.74) is 2.25. The van der Waals surface area contributed by atoms with Crippen LogP contribution in [0.4, 0.5) is 0 Å². The van der Waals surface area contributed by atoms with Gasteiger partial charge in [-0.1, -0.05) is 19.1 Å². The monoisotopic (exact) mass is 283 g/mol. The first-order valence-electron chi connectivity index (χ1n) is 7.61. The number of rotatable bonds is 5. The molecule has 1 aromatic heterocycles. The van der Waals surface area contributed by atoms with Gasteiger partial charge in [0.05, 0.1) is 5.52 Å². The van der Waals surface area contributed by atoms with Gasteiger partial charge in [0.15, 0.2) is 0 Å². The lowest BCUT2D eigenvalue weighted by molar-refractivity contribution is -0.127. The molecule has 3 rings (SSSR count). The summed E-state index contributed by atoms with van der Waals surface area (Å²) in [7, 11) is 0. The van der Waals surface area contributed by atoms with Crippen LogP contribution in [0.2, 0.25) is 0 Å². The van der Waals surface area contributed by atoms with Gasteiger partial charge >= 0.3 is 0 Å². The molecule has 2 heterocycles. The minimum atomic E-state index is 0.272. The molecule has 4 heteroatoms. The molecule has 1 unspecified atom stereocenters. The minimum Gasteiger partial charge on any atom is -0.341 e. The van der Waals surface area contributed by atoms with E-state index in [-0.39, 0.29) is 11.9 Å². The lowest BCUT2D eigenvalue weighted by Crippen LogP contribution is -2.32. The van der Waals surface area contributed by atoms with Crippen LogP contribution in [0.5, 0.6) is 0 Å². The van der Waals surface area contributed by atoms with E-state index in [0.29, 0.717) is 6.42 Å². The van der Waals surface area contributed by atoms with Crippen LogP contribution in [0.25, 0.3) is 10.9 Å². The van der Waals surface area contributed by atoms with Crippen LogP contribution in [-0.2, 0) is 11.3 Å². The third-order valence-electron chi connectivity index (χ3n) is 3.97. The quantitative estimate of drug-likeness (QED) is 0.916. The molecule has 0 radical (unpaired) electrons. The molecule has 4 nitrogen and oxygen atoms in total. The Morgan fingerprint density at radius 1 is 1.38 bits per heavy atom. The van der Waals surface area contributed by atoms with E-state index in [1.807, 2.05) is 17.2 Å². The average Bonchev–Trinajstić information content (AvgIpc) is 2.86. The number of benzene rings is 1. The molecule has 1 fully saturated rings. The van der Waals surface area contributed by atoms with Gasteiger partial charge in [0, 0.05) is 43.7 Å². The van der Waals surface area contributed by atoms with E-state index in [1.165, 1.54) is 5.56 Å². The fraction of sp³-hybridized carbons (Fsp3) is 0.412. The minimum absolute atomic E-state index is 0.272. The van der Waals surface area contributed by atoms with Gasteiger partial charge < -0.3 is 10.2 Å². The SMILES string of the molecule is CCCN1CC(NCc2ccc3ncccc3c2)CC1=O. The highest BCUT2D eigenvalue weighted by Gasteiger charge is 2.28. The van der Waals surface area contributed by atoms with Gasteiger partial charge in [-0.3, -0.25) is 9.78 Å². The first-order valence-corrected chi connectivity index (χ1v) is 7.61. The lowest BCUT2D eigenvalue weighted by Gasteiger charge is -2.16. The number of hydrogen-bond acceptors (Lipinski definition) is 3. The Labute approximate surface area is 125 Å². The summed E-state index contributed by atoms with van der Waals surface area (Å²) in [5.74, 6) is 0.275. The van der Waals surface area contributed by atoms with Crippen LogP contribution in [0.3, 0.4) is 0 Å². The third-order valence-corrected chi connectivity index (χ3v) is 3.97. The summed E-state index contributed by atoms with van der Waals surface area (Å²) in [6, 6.07) is 10.6. The van der Waals surface area contributed by atoms with Crippen molar-refractivity contribution >= 4 is 16.8 Å². The van der Waals surface area contributed by atoms with Gasteiger partial charge in [-0.05, 0) is 30.2 Å². The maximum absolute atomic E-state index is 11.8. The molecule has 1 N–H and O–H groups in total. The summed E-state index contributed by atoms with van der Waals surface area (Å²) in [6.45, 7) is 4.61. The van der Waals surface area contributed by atoms with Crippen molar-refractivity contribution in [1.82, 2.24) is 15.2 Å². The van der Waals surface area contributed by atoms with Crippen molar-refractivity contribution < 1.29 is 4.79 Å². The van der Waals surface area contributed by atoms with Gasteiger partial charge in [-0.25, -0.2) is 0 Å². The van der Waals surface area contributed by atoms with Crippen LogP contribution in [0.15, 0.2) is 36.5 Å². The predicted octanol–water partition coefficient (Wildman–Crippen LogP) is 2.34. The van der Waals surface area contributed by atoms with Crippen molar-refractivity contribution in [2.75, 3.05) is 13.1 Å². The molecular formula is C17H21N3O. The molecule has 0 aliphatic carbocycles. The Bertz CT molecular complexity index is 641. The van der Waals surface area contributed by atoms with Crippen LogP contribution >= 0.6 is 0 Å². The molecule has 0 spiro atoms. The fourth-order valence-corrected chi connectivity index (χ4v) is 2.89. The highest BCUT2D eigenvalue weighted by molar-refractivity contribution is 5.79. The second-order valence-electron chi connectivity index (χ2n) is 5.65. The molecule has 1 amide bonds. The van der Waals surface area contributed by atoms with Crippen molar-refractivity contribution in [2.45, 2.75) is 32.4 Å². The Morgan fingerprint density at radius 2 is 2.29 bits per heavy atom. The van der Waals surface area contributed by atoms with Crippen LogP contribution in [-0.4, -0.2) is 34.9 Å². The number of aromatic nitrogens is 1. The Balaban J connectivity index is 1.60. The molecule has 1 saturated heterocycles. The van der Waals surface area contributed by atoms with Crippen molar-refractivity contribution in [3.8, 4) is 0 Å². The lowest BCUT2D eigenvalue weighted by atomic mass is 10.1. The number of nitrogens with zero attached hydrogens (tertiary/aromatic N) is 2. The summed E-state index contributed by atoms with van der Waals surface area (Å²) >= 11 is 0. The van der Waals surface area contributed by atoms with Gasteiger partial charge in [0.1, 0.15) is 0 Å². The summed E-state index contributed by atoms with van der Waals surface area (Å²) in [4.78, 5) is 18.1. The van der Waals surface area contributed by atoms with Crippen LogP contribution in [0.1, 0.15) is 25.3 Å². The van der Waals surface area contributed by atoms with Gasteiger partial charge in [0.25, 0.3) is 0 Å². The van der Waals surface area contributed by atoms with E-state index in [0.717, 1.165) is 37.0 Å². The van der Waals surface area contributed by atoms with Gasteiger partial charge in [-0.2, -0.15) is 0 Å².